The maximum Gasteiger partial charge on any atom is 0.417 e. The molecule has 102 valence electrons. The molecule has 0 fully saturated rings. The molecule has 1 aromatic carbocycles. The number of carbonyl (C=O) groups is 1. The quantitative estimate of drug-likeness (QED) is 0.850. The number of nitriles is 1. The van der Waals surface area contributed by atoms with Crippen LogP contribution in [0.25, 0.3) is 0 Å². The number of benzene rings is 1. The van der Waals surface area contributed by atoms with E-state index in [1.807, 2.05) is 0 Å². The summed E-state index contributed by atoms with van der Waals surface area (Å²) in [4.78, 5) is 11.2. The minimum atomic E-state index is -4.65. The molecule has 0 saturated heterocycles. The predicted octanol–water partition coefficient (Wildman–Crippen LogP) is 1.75. The molecule has 4 nitrogen and oxygen atoms in total. The Labute approximate surface area is 107 Å². The Morgan fingerprint density at radius 3 is 2.42 bits per heavy atom. The lowest BCUT2D eigenvalue weighted by Gasteiger charge is -2.16. The Morgan fingerprint density at radius 1 is 1.42 bits per heavy atom. The molecule has 0 unspecified atom stereocenters. The standard InChI is InChI=1S/C12H11F3N2O2/c1-19-10(18)4-8-2-7(5-16)3-9(6-17)11(8)12(13,14)15/h2-3H,4,6,17H2,1H3. The number of hydrogen-bond acceptors (Lipinski definition) is 4. The number of esters is 1. The molecule has 0 heterocycles. The number of alkyl halides is 3. The number of nitrogens with zero attached hydrogens (tertiary/aromatic N) is 1. The van der Waals surface area contributed by atoms with Crippen LogP contribution in [0.4, 0.5) is 13.2 Å². The summed E-state index contributed by atoms with van der Waals surface area (Å²) < 4.78 is 43.3. The van der Waals surface area contributed by atoms with Crippen LogP contribution in [0.5, 0.6) is 0 Å². The van der Waals surface area contributed by atoms with Gasteiger partial charge in [-0.1, -0.05) is 0 Å². The number of methoxy groups -OCH3 is 1. The summed E-state index contributed by atoms with van der Waals surface area (Å²) in [5, 5.41) is 8.78. The average molecular weight is 272 g/mol. The fraction of sp³-hybridized carbons (Fsp3) is 0.333. The van der Waals surface area contributed by atoms with Gasteiger partial charge in [-0.15, -0.1) is 0 Å². The molecular weight excluding hydrogens is 261 g/mol. The molecule has 0 aliphatic carbocycles. The third-order valence-electron chi connectivity index (χ3n) is 2.50. The summed E-state index contributed by atoms with van der Waals surface area (Å²) in [7, 11) is 1.08. The fourth-order valence-corrected chi connectivity index (χ4v) is 1.72. The average Bonchev–Trinajstić information content (AvgIpc) is 2.35. The molecule has 19 heavy (non-hydrogen) atoms. The largest absolute Gasteiger partial charge is 0.469 e. The van der Waals surface area contributed by atoms with E-state index in [1.54, 1.807) is 6.07 Å². The lowest BCUT2D eigenvalue weighted by molar-refractivity contribution is -0.141. The first kappa shape index (κ1) is 15.0. The van der Waals surface area contributed by atoms with Gasteiger partial charge in [-0.2, -0.15) is 18.4 Å². The van der Waals surface area contributed by atoms with Gasteiger partial charge < -0.3 is 10.5 Å². The van der Waals surface area contributed by atoms with Crippen LogP contribution in [0.15, 0.2) is 12.1 Å². The zero-order valence-electron chi connectivity index (χ0n) is 10.0. The van der Waals surface area contributed by atoms with Gasteiger partial charge >= 0.3 is 12.1 Å². The van der Waals surface area contributed by atoms with Crippen LogP contribution >= 0.6 is 0 Å². The SMILES string of the molecule is COC(=O)Cc1cc(C#N)cc(CN)c1C(F)(F)F. The molecule has 1 aromatic rings. The van der Waals surface area contributed by atoms with E-state index < -0.39 is 24.1 Å². The van der Waals surface area contributed by atoms with Gasteiger partial charge in [0.25, 0.3) is 0 Å². The zero-order valence-corrected chi connectivity index (χ0v) is 10.0. The third-order valence-corrected chi connectivity index (χ3v) is 2.50. The number of rotatable bonds is 3. The first-order chi connectivity index (χ1) is 8.83. The van der Waals surface area contributed by atoms with Crippen LogP contribution in [-0.2, 0) is 28.7 Å². The summed E-state index contributed by atoms with van der Waals surface area (Å²) in [6.45, 7) is -0.376. The fourth-order valence-electron chi connectivity index (χ4n) is 1.72. The Hall–Kier alpha value is -2.07. The number of halogens is 3. The van der Waals surface area contributed by atoms with E-state index in [9.17, 15) is 18.0 Å². The van der Waals surface area contributed by atoms with Crippen LogP contribution in [0.2, 0.25) is 0 Å². The van der Waals surface area contributed by atoms with Gasteiger partial charge in [0, 0.05) is 6.54 Å². The van der Waals surface area contributed by atoms with Crippen molar-refractivity contribution in [3.05, 3.63) is 34.4 Å². The molecule has 0 saturated carbocycles. The summed E-state index contributed by atoms with van der Waals surface area (Å²) in [6, 6.07) is 3.84. The Morgan fingerprint density at radius 2 is 2.00 bits per heavy atom. The van der Waals surface area contributed by atoms with Crippen molar-refractivity contribution in [2.45, 2.75) is 19.1 Å². The maximum absolute atomic E-state index is 13.0. The molecule has 0 bridgehead atoms. The molecule has 0 aliphatic heterocycles. The van der Waals surface area contributed by atoms with Crippen molar-refractivity contribution in [2.24, 2.45) is 5.73 Å². The second-order valence-corrected chi connectivity index (χ2v) is 3.74. The monoisotopic (exact) mass is 272 g/mol. The minimum Gasteiger partial charge on any atom is -0.469 e. The third kappa shape index (κ3) is 3.45. The van der Waals surface area contributed by atoms with E-state index in [2.05, 4.69) is 4.74 Å². The summed E-state index contributed by atoms with van der Waals surface area (Å²) in [5.74, 6) is -0.816. The van der Waals surface area contributed by atoms with Crippen LogP contribution < -0.4 is 5.73 Å². The first-order valence-corrected chi connectivity index (χ1v) is 5.23. The van der Waals surface area contributed by atoms with Gasteiger partial charge in [0.05, 0.1) is 30.7 Å². The molecule has 0 amide bonds. The highest BCUT2D eigenvalue weighted by Crippen LogP contribution is 2.35. The van der Waals surface area contributed by atoms with E-state index in [1.165, 1.54) is 0 Å². The minimum absolute atomic E-state index is 0.0207. The summed E-state index contributed by atoms with van der Waals surface area (Å²) >= 11 is 0. The molecule has 0 aromatic heterocycles. The van der Waals surface area contributed by atoms with Crippen LogP contribution in [-0.4, -0.2) is 13.1 Å². The van der Waals surface area contributed by atoms with Crippen molar-refractivity contribution in [2.75, 3.05) is 7.11 Å². The van der Waals surface area contributed by atoms with Gasteiger partial charge in [-0.05, 0) is 23.3 Å². The lowest BCUT2D eigenvalue weighted by atomic mass is 9.95. The molecule has 0 spiro atoms. The Balaban J connectivity index is 3.47. The van der Waals surface area contributed by atoms with E-state index in [0.717, 1.165) is 19.2 Å². The molecule has 2 N–H and O–H groups in total. The Kier molecular flexibility index (Phi) is 4.51. The van der Waals surface area contributed by atoms with Crippen LogP contribution in [0.1, 0.15) is 22.3 Å². The smallest absolute Gasteiger partial charge is 0.417 e. The number of nitrogens with two attached hydrogens (primary N) is 1. The van der Waals surface area contributed by atoms with Gasteiger partial charge in [-0.3, -0.25) is 4.79 Å². The topological polar surface area (TPSA) is 76.1 Å². The van der Waals surface area contributed by atoms with Crippen molar-refractivity contribution < 1.29 is 22.7 Å². The zero-order chi connectivity index (χ0) is 14.6. The normalized spacial score (nSPS) is 10.9. The highest BCUT2D eigenvalue weighted by molar-refractivity contribution is 5.73. The van der Waals surface area contributed by atoms with Crippen LogP contribution in [0, 0.1) is 11.3 Å². The van der Waals surface area contributed by atoms with Crippen molar-refractivity contribution in [1.29, 1.82) is 5.26 Å². The van der Waals surface area contributed by atoms with Crippen molar-refractivity contribution in [3.63, 3.8) is 0 Å². The Bertz CT molecular complexity index is 533. The van der Waals surface area contributed by atoms with Crippen LogP contribution in [0.3, 0.4) is 0 Å². The molecule has 0 aliphatic rings. The summed E-state index contributed by atoms with van der Waals surface area (Å²) in [6.07, 6.45) is -5.21. The van der Waals surface area contributed by atoms with Gasteiger partial charge in [0.2, 0.25) is 0 Å². The van der Waals surface area contributed by atoms with Gasteiger partial charge in [0.15, 0.2) is 0 Å². The van der Waals surface area contributed by atoms with Crippen molar-refractivity contribution in [3.8, 4) is 6.07 Å². The van der Waals surface area contributed by atoms with E-state index in [4.69, 9.17) is 11.0 Å². The van der Waals surface area contributed by atoms with Gasteiger partial charge in [0.1, 0.15) is 0 Å². The first-order valence-electron chi connectivity index (χ1n) is 5.23. The van der Waals surface area contributed by atoms with Crippen molar-refractivity contribution >= 4 is 5.97 Å². The van der Waals surface area contributed by atoms with E-state index >= 15 is 0 Å². The molecular formula is C12H11F3N2O2. The maximum atomic E-state index is 13.0. The number of hydrogen-bond donors (Lipinski definition) is 1. The second kappa shape index (κ2) is 5.71. The van der Waals surface area contributed by atoms with Gasteiger partial charge in [-0.25, -0.2) is 0 Å². The number of ether oxygens (including phenoxy) is 1. The molecule has 0 radical (unpaired) electrons. The van der Waals surface area contributed by atoms with E-state index in [-0.39, 0.29) is 23.2 Å². The second-order valence-electron chi connectivity index (χ2n) is 3.74. The number of carbonyl (C=O) groups excluding carboxylic acids is 1. The molecule has 7 heteroatoms. The lowest BCUT2D eigenvalue weighted by Crippen LogP contribution is -2.18. The highest BCUT2D eigenvalue weighted by Gasteiger charge is 2.36. The van der Waals surface area contributed by atoms with Crippen molar-refractivity contribution in [1.82, 2.24) is 0 Å². The molecule has 1 rings (SSSR count). The predicted molar refractivity (Wildman–Crippen MR) is 59.8 cm³/mol. The summed E-state index contributed by atoms with van der Waals surface area (Å²) in [5.41, 5.74) is 3.80. The molecule has 0 atom stereocenters. The van der Waals surface area contributed by atoms with E-state index in [0.29, 0.717) is 0 Å². The highest BCUT2D eigenvalue weighted by atomic mass is 19.4.